The molecule has 17 heavy (non-hydrogen) atoms. The van der Waals surface area contributed by atoms with Gasteiger partial charge >= 0.3 is 0 Å². The van der Waals surface area contributed by atoms with E-state index in [1.807, 2.05) is 0 Å². The van der Waals surface area contributed by atoms with Gasteiger partial charge in [0.25, 0.3) is 0 Å². The van der Waals surface area contributed by atoms with Gasteiger partial charge in [-0.1, -0.05) is 6.92 Å². The first kappa shape index (κ1) is 12.9. The molecule has 0 spiro atoms. The molecule has 0 bridgehead atoms. The fraction of sp³-hybridized carbons (Fsp3) is 0.929. The summed E-state index contributed by atoms with van der Waals surface area (Å²) in [6.07, 6.45) is 5.59. The highest BCUT2D eigenvalue weighted by molar-refractivity contribution is 5.83. The number of amides is 1. The van der Waals surface area contributed by atoms with Gasteiger partial charge in [0.2, 0.25) is 5.91 Å². The maximum atomic E-state index is 12.8. The molecule has 0 radical (unpaired) electrons. The molecule has 1 N–H and O–H groups in total. The SMILES string of the molecule is CC1CCCC(C)N1C(=O)C1(C)CCNCC1. The Labute approximate surface area is 105 Å². The van der Waals surface area contributed by atoms with Crippen molar-refractivity contribution in [2.24, 2.45) is 5.41 Å². The minimum absolute atomic E-state index is 0.120. The third kappa shape index (κ3) is 2.49. The number of hydrogen-bond acceptors (Lipinski definition) is 2. The molecule has 0 aromatic carbocycles. The van der Waals surface area contributed by atoms with Crippen LogP contribution in [0.25, 0.3) is 0 Å². The number of nitrogens with zero attached hydrogens (tertiary/aromatic N) is 1. The maximum Gasteiger partial charge on any atom is 0.229 e. The van der Waals surface area contributed by atoms with Gasteiger partial charge in [0.15, 0.2) is 0 Å². The highest BCUT2D eigenvalue weighted by atomic mass is 16.2. The van der Waals surface area contributed by atoms with E-state index >= 15 is 0 Å². The molecule has 0 aromatic rings. The van der Waals surface area contributed by atoms with Crippen molar-refractivity contribution >= 4 is 5.91 Å². The van der Waals surface area contributed by atoms with Crippen LogP contribution in [0.15, 0.2) is 0 Å². The summed E-state index contributed by atoms with van der Waals surface area (Å²) >= 11 is 0. The van der Waals surface area contributed by atoms with E-state index in [1.54, 1.807) is 0 Å². The molecule has 2 saturated heterocycles. The third-order valence-corrected chi connectivity index (χ3v) is 4.65. The summed E-state index contributed by atoms with van der Waals surface area (Å²) < 4.78 is 0. The van der Waals surface area contributed by atoms with Crippen LogP contribution in [0.3, 0.4) is 0 Å². The Hall–Kier alpha value is -0.570. The van der Waals surface area contributed by atoms with Crippen LogP contribution in [0.1, 0.15) is 52.9 Å². The zero-order valence-electron chi connectivity index (χ0n) is 11.5. The molecule has 2 rings (SSSR count). The smallest absolute Gasteiger partial charge is 0.229 e. The molecule has 2 unspecified atom stereocenters. The second-order valence-electron chi connectivity index (χ2n) is 6.15. The lowest BCUT2D eigenvalue weighted by Gasteiger charge is -2.45. The third-order valence-electron chi connectivity index (χ3n) is 4.65. The average Bonchev–Trinajstić information content (AvgIpc) is 2.29. The summed E-state index contributed by atoms with van der Waals surface area (Å²) in [5, 5.41) is 3.35. The van der Waals surface area contributed by atoms with E-state index in [1.165, 1.54) is 19.3 Å². The summed E-state index contributed by atoms with van der Waals surface area (Å²) in [7, 11) is 0. The van der Waals surface area contributed by atoms with E-state index in [0.717, 1.165) is 25.9 Å². The first-order chi connectivity index (χ1) is 8.04. The van der Waals surface area contributed by atoms with Crippen molar-refractivity contribution in [1.82, 2.24) is 10.2 Å². The molecule has 2 atom stereocenters. The van der Waals surface area contributed by atoms with Crippen molar-refractivity contribution in [2.75, 3.05) is 13.1 Å². The number of piperidine rings is 2. The van der Waals surface area contributed by atoms with Gasteiger partial charge in [0.1, 0.15) is 0 Å². The van der Waals surface area contributed by atoms with Gasteiger partial charge < -0.3 is 10.2 Å². The summed E-state index contributed by atoms with van der Waals surface area (Å²) in [4.78, 5) is 15.0. The first-order valence-electron chi connectivity index (χ1n) is 7.08. The molecule has 2 aliphatic rings. The monoisotopic (exact) mass is 238 g/mol. The Bertz CT molecular complexity index is 274. The quantitative estimate of drug-likeness (QED) is 0.759. The highest BCUT2D eigenvalue weighted by Crippen LogP contribution is 2.34. The van der Waals surface area contributed by atoms with Crippen molar-refractivity contribution < 1.29 is 4.79 Å². The van der Waals surface area contributed by atoms with Crippen LogP contribution >= 0.6 is 0 Å². The number of likely N-dealkylation sites (tertiary alicyclic amines) is 1. The lowest BCUT2D eigenvalue weighted by molar-refractivity contribution is -0.149. The highest BCUT2D eigenvalue weighted by Gasteiger charge is 2.41. The molecular formula is C14H26N2O. The Morgan fingerprint density at radius 1 is 1.18 bits per heavy atom. The molecule has 98 valence electrons. The Kier molecular flexibility index (Phi) is 3.76. The van der Waals surface area contributed by atoms with Crippen molar-refractivity contribution in [3.05, 3.63) is 0 Å². The normalized spacial score (nSPS) is 33.5. The largest absolute Gasteiger partial charge is 0.337 e. The topological polar surface area (TPSA) is 32.3 Å². The van der Waals surface area contributed by atoms with E-state index in [-0.39, 0.29) is 5.41 Å². The van der Waals surface area contributed by atoms with Gasteiger partial charge in [0.05, 0.1) is 0 Å². The van der Waals surface area contributed by atoms with Crippen LogP contribution < -0.4 is 5.32 Å². The zero-order chi connectivity index (χ0) is 12.5. The number of carbonyl (C=O) groups excluding carboxylic acids is 1. The lowest BCUT2D eigenvalue weighted by atomic mass is 9.78. The van der Waals surface area contributed by atoms with Gasteiger partial charge in [0, 0.05) is 17.5 Å². The van der Waals surface area contributed by atoms with Crippen molar-refractivity contribution in [3.63, 3.8) is 0 Å². The number of carbonyl (C=O) groups is 1. The van der Waals surface area contributed by atoms with E-state index in [2.05, 4.69) is 31.0 Å². The summed E-state index contributed by atoms with van der Waals surface area (Å²) in [5.74, 6) is 0.402. The molecule has 1 amide bonds. The van der Waals surface area contributed by atoms with Crippen molar-refractivity contribution in [1.29, 1.82) is 0 Å². The first-order valence-corrected chi connectivity index (χ1v) is 7.08. The van der Waals surface area contributed by atoms with Crippen LogP contribution in [0.4, 0.5) is 0 Å². The van der Waals surface area contributed by atoms with Crippen LogP contribution in [0, 0.1) is 5.41 Å². The Morgan fingerprint density at radius 3 is 2.24 bits per heavy atom. The van der Waals surface area contributed by atoms with E-state index in [0.29, 0.717) is 18.0 Å². The minimum atomic E-state index is -0.120. The number of rotatable bonds is 1. The molecule has 3 nitrogen and oxygen atoms in total. The second kappa shape index (κ2) is 4.97. The summed E-state index contributed by atoms with van der Waals surface area (Å²) in [5.41, 5.74) is -0.120. The fourth-order valence-electron chi connectivity index (χ4n) is 3.33. The molecule has 2 aliphatic heterocycles. The van der Waals surface area contributed by atoms with Gasteiger partial charge in [-0.3, -0.25) is 4.79 Å². The van der Waals surface area contributed by atoms with E-state index in [4.69, 9.17) is 0 Å². The maximum absolute atomic E-state index is 12.8. The predicted molar refractivity (Wildman–Crippen MR) is 69.8 cm³/mol. The van der Waals surface area contributed by atoms with Crippen molar-refractivity contribution in [3.8, 4) is 0 Å². The zero-order valence-corrected chi connectivity index (χ0v) is 11.5. The Balaban J connectivity index is 2.11. The van der Waals surface area contributed by atoms with Crippen molar-refractivity contribution in [2.45, 2.75) is 65.0 Å². The van der Waals surface area contributed by atoms with Crippen LogP contribution in [-0.4, -0.2) is 36.0 Å². The molecule has 2 fully saturated rings. The average molecular weight is 238 g/mol. The molecule has 0 aromatic heterocycles. The lowest BCUT2D eigenvalue weighted by Crippen LogP contribution is -2.55. The summed E-state index contributed by atoms with van der Waals surface area (Å²) in [6, 6.07) is 0.857. The number of nitrogens with one attached hydrogen (secondary N) is 1. The predicted octanol–water partition coefficient (Wildman–Crippen LogP) is 2.17. The molecule has 2 heterocycles. The molecular weight excluding hydrogens is 212 g/mol. The molecule has 3 heteroatoms. The Morgan fingerprint density at radius 2 is 1.71 bits per heavy atom. The van der Waals surface area contributed by atoms with Crippen LogP contribution in [0.5, 0.6) is 0 Å². The van der Waals surface area contributed by atoms with E-state index in [9.17, 15) is 4.79 Å². The summed E-state index contributed by atoms with van der Waals surface area (Å²) in [6.45, 7) is 8.54. The van der Waals surface area contributed by atoms with Gasteiger partial charge in [-0.05, 0) is 59.0 Å². The van der Waals surface area contributed by atoms with Gasteiger partial charge in [-0.2, -0.15) is 0 Å². The number of hydrogen-bond donors (Lipinski definition) is 1. The van der Waals surface area contributed by atoms with E-state index < -0.39 is 0 Å². The van der Waals surface area contributed by atoms with Crippen LogP contribution in [0.2, 0.25) is 0 Å². The molecule has 0 saturated carbocycles. The minimum Gasteiger partial charge on any atom is -0.337 e. The second-order valence-corrected chi connectivity index (χ2v) is 6.15. The van der Waals surface area contributed by atoms with Gasteiger partial charge in [-0.15, -0.1) is 0 Å². The standard InChI is InChI=1S/C14H26N2O/c1-11-5-4-6-12(2)16(11)13(17)14(3)7-9-15-10-8-14/h11-12,15H,4-10H2,1-3H3. The molecule has 0 aliphatic carbocycles. The van der Waals surface area contributed by atoms with Gasteiger partial charge in [-0.25, -0.2) is 0 Å². The fourth-order valence-corrected chi connectivity index (χ4v) is 3.33. The van der Waals surface area contributed by atoms with Crippen LogP contribution in [-0.2, 0) is 4.79 Å².